The van der Waals surface area contributed by atoms with Crippen molar-refractivity contribution in [1.82, 2.24) is 15.2 Å². The SMILES string of the molecule is CC(C)(C)NC(=O)N1C2CCC1CC(Oc1cccnc1)C2. The summed E-state index contributed by atoms with van der Waals surface area (Å²) in [4.78, 5) is 18.6. The molecule has 3 rings (SSSR count). The van der Waals surface area contributed by atoms with E-state index in [-0.39, 0.29) is 17.7 Å². The van der Waals surface area contributed by atoms with E-state index in [9.17, 15) is 4.79 Å². The van der Waals surface area contributed by atoms with Crippen LogP contribution in [0.4, 0.5) is 4.79 Å². The second kappa shape index (κ2) is 5.78. The summed E-state index contributed by atoms with van der Waals surface area (Å²) >= 11 is 0. The molecule has 0 spiro atoms. The van der Waals surface area contributed by atoms with Crippen LogP contribution < -0.4 is 10.1 Å². The molecule has 0 saturated carbocycles. The smallest absolute Gasteiger partial charge is 0.318 e. The van der Waals surface area contributed by atoms with E-state index in [2.05, 4.69) is 10.3 Å². The minimum atomic E-state index is -0.195. The van der Waals surface area contributed by atoms with Crippen LogP contribution in [-0.2, 0) is 0 Å². The molecular formula is C17H25N3O2. The molecule has 2 saturated heterocycles. The fourth-order valence-corrected chi connectivity index (χ4v) is 3.55. The number of amides is 2. The highest BCUT2D eigenvalue weighted by atomic mass is 16.5. The summed E-state index contributed by atoms with van der Waals surface area (Å²) < 4.78 is 6.04. The number of carbonyl (C=O) groups excluding carboxylic acids is 1. The molecule has 0 radical (unpaired) electrons. The minimum Gasteiger partial charge on any atom is -0.489 e. The third-order valence-corrected chi connectivity index (χ3v) is 4.34. The largest absolute Gasteiger partial charge is 0.489 e. The lowest BCUT2D eigenvalue weighted by atomic mass is 9.99. The van der Waals surface area contributed by atoms with E-state index in [0.717, 1.165) is 31.4 Å². The first-order valence-corrected chi connectivity index (χ1v) is 8.09. The van der Waals surface area contributed by atoms with Crippen molar-refractivity contribution in [2.24, 2.45) is 0 Å². The number of urea groups is 1. The molecule has 0 aromatic carbocycles. The van der Waals surface area contributed by atoms with Gasteiger partial charge >= 0.3 is 6.03 Å². The van der Waals surface area contributed by atoms with Gasteiger partial charge in [-0.3, -0.25) is 4.98 Å². The molecule has 5 heteroatoms. The lowest BCUT2D eigenvalue weighted by Crippen LogP contribution is -2.56. The van der Waals surface area contributed by atoms with Gasteiger partial charge < -0.3 is 15.0 Å². The third-order valence-electron chi connectivity index (χ3n) is 4.34. The van der Waals surface area contributed by atoms with Crippen molar-refractivity contribution in [3.8, 4) is 5.75 Å². The molecule has 0 aliphatic carbocycles. The number of nitrogens with one attached hydrogen (secondary N) is 1. The van der Waals surface area contributed by atoms with E-state index in [0.29, 0.717) is 12.1 Å². The van der Waals surface area contributed by atoms with Crippen molar-refractivity contribution >= 4 is 6.03 Å². The van der Waals surface area contributed by atoms with Gasteiger partial charge in [-0.2, -0.15) is 0 Å². The van der Waals surface area contributed by atoms with Crippen molar-refractivity contribution in [3.63, 3.8) is 0 Å². The zero-order valence-corrected chi connectivity index (χ0v) is 13.6. The van der Waals surface area contributed by atoms with E-state index >= 15 is 0 Å². The first kappa shape index (κ1) is 15.1. The van der Waals surface area contributed by atoms with Gasteiger partial charge in [0.05, 0.1) is 6.20 Å². The molecule has 120 valence electrons. The predicted octanol–water partition coefficient (Wildman–Crippen LogP) is 2.96. The number of pyridine rings is 1. The normalized spacial score (nSPS) is 27.6. The fraction of sp³-hybridized carbons (Fsp3) is 0.647. The third kappa shape index (κ3) is 3.34. The van der Waals surface area contributed by atoms with E-state index in [1.54, 1.807) is 12.4 Å². The van der Waals surface area contributed by atoms with Crippen LogP contribution in [-0.4, -0.2) is 39.6 Å². The Labute approximate surface area is 132 Å². The molecule has 1 N–H and O–H groups in total. The highest BCUT2D eigenvalue weighted by Gasteiger charge is 2.44. The number of aromatic nitrogens is 1. The number of ether oxygens (including phenoxy) is 1. The standard InChI is InChI=1S/C17H25N3O2/c1-17(2,3)19-16(21)20-12-6-7-13(20)10-15(9-12)22-14-5-4-8-18-11-14/h4-5,8,11-13,15H,6-7,9-10H2,1-3H3,(H,19,21). The van der Waals surface area contributed by atoms with Gasteiger partial charge in [-0.25, -0.2) is 4.79 Å². The van der Waals surface area contributed by atoms with Gasteiger partial charge in [0.2, 0.25) is 0 Å². The monoisotopic (exact) mass is 303 g/mol. The van der Waals surface area contributed by atoms with Crippen LogP contribution >= 0.6 is 0 Å². The maximum absolute atomic E-state index is 12.5. The Morgan fingerprint density at radius 2 is 2.00 bits per heavy atom. The predicted molar refractivity (Wildman–Crippen MR) is 84.8 cm³/mol. The maximum Gasteiger partial charge on any atom is 0.318 e. The van der Waals surface area contributed by atoms with Gasteiger partial charge in [0.1, 0.15) is 11.9 Å². The molecular weight excluding hydrogens is 278 g/mol. The van der Waals surface area contributed by atoms with E-state index in [1.807, 2.05) is 37.8 Å². The van der Waals surface area contributed by atoms with Gasteiger partial charge in [0.15, 0.2) is 0 Å². The van der Waals surface area contributed by atoms with Crippen LogP contribution in [0, 0.1) is 0 Å². The lowest BCUT2D eigenvalue weighted by molar-refractivity contribution is 0.0664. The van der Waals surface area contributed by atoms with Crippen molar-refractivity contribution in [1.29, 1.82) is 0 Å². The summed E-state index contributed by atoms with van der Waals surface area (Å²) in [6.07, 6.45) is 7.65. The Morgan fingerprint density at radius 3 is 2.55 bits per heavy atom. The molecule has 2 aliphatic heterocycles. The number of rotatable bonds is 2. The maximum atomic E-state index is 12.5. The number of carbonyl (C=O) groups is 1. The molecule has 1 aromatic rings. The van der Waals surface area contributed by atoms with Gasteiger partial charge in [-0.1, -0.05) is 0 Å². The van der Waals surface area contributed by atoms with Gasteiger partial charge in [-0.05, 0) is 45.7 Å². The van der Waals surface area contributed by atoms with Crippen molar-refractivity contribution in [3.05, 3.63) is 24.5 Å². The average molecular weight is 303 g/mol. The molecule has 3 heterocycles. The average Bonchev–Trinajstić information content (AvgIpc) is 2.70. The van der Waals surface area contributed by atoms with Crippen molar-refractivity contribution < 1.29 is 9.53 Å². The summed E-state index contributed by atoms with van der Waals surface area (Å²) in [5, 5.41) is 3.09. The number of hydrogen-bond acceptors (Lipinski definition) is 3. The van der Waals surface area contributed by atoms with Crippen LogP contribution in [0.1, 0.15) is 46.5 Å². The van der Waals surface area contributed by atoms with E-state index < -0.39 is 0 Å². The molecule has 2 aliphatic rings. The summed E-state index contributed by atoms with van der Waals surface area (Å²) in [5.74, 6) is 0.819. The van der Waals surface area contributed by atoms with Crippen LogP contribution in [0.3, 0.4) is 0 Å². The summed E-state index contributed by atoms with van der Waals surface area (Å²) in [7, 11) is 0. The summed E-state index contributed by atoms with van der Waals surface area (Å²) in [5.41, 5.74) is -0.195. The Hall–Kier alpha value is -1.78. The number of nitrogens with zero attached hydrogens (tertiary/aromatic N) is 2. The molecule has 2 bridgehead atoms. The molecule has 22 heavy (non-hydrogen) atoms. The molecule has 2 amide bonds. The van der Waals surface area contributed by atoms with Gasteiger partial charge in [0, 0.05) is 36.7 Å². The molecule has 1 aromatic heterocycles. The molecule has 2 unspecified atom stereocenters. The first-order chi connectivity index (χ1) is 10.4. The van der Waals surface area contributed by atoms with E-state index in [1.165, 1.54) is 0 Å². The molecule has 2 atom stereocenters. The van der Waals surface area contributed by atoms with E-state index in [4.69, 9.17) is 4.74 Å². The quantitative estimate of drug-likeness (QED) is 0.914. The molecule has 5 nitrogen and oxygen atoms in total. The number of hydrogen-bond donors (Lipinski definition) is 1. The van der Waals surface area contributed by atoms with Crippen LogP contribution in [0.25, 0.3) is 0 Å². The lowest BCUT2D eigenvalue weighted by Gasteiger charge is -2.40. The Bertz CT molecular complexity index is 512. The van der Waals surface area contributed by atoms with Crippen LogP contribution in [0.15, 0.2) is 24.5 Å². The minimum absolute atomic E-state index is 0.0693. The topological polar surface area (TPSA) is 54.5 Å². The summed E-state index contributed by atoms with van der Waals surface area (Å²) in [6, 6.07) is 4.48. The van der Waals surface area contributed by atoms with Crippen molar-refractivity contribution in [2.45, 2.75) is 70.2 Å². The first-order valence-electron chi connectivity index (χ1n) is 8.09. The van der Waals surface area contributed by atoms with Gasteiger partial charge in [0.25, 0.3) is 0 Å². The zero-order valence-electron chi connectivity index (χ0n) is 13.6. The zero-order chi connectivity index (χ0) is 15.7. The number of fused-ring (bicyclic) bond motifs is 2. The van der Waals surface area contributed by atoms with Crippen molar-refractivity contribution in [2.75, 3.05) is 0 Å². The molecule has 2 fully saturated rings. The van der Waals surface area contributed by atoms with Crippen LogP contribution in [0.2, 0.25) is 0 Å². The summed E-state index contributed by atoms with van der Waals surface area (Å²) in [6.45, 7) is 6.06. The second-order valence-corrected chi connectivity index (χ2v) is 7.37. The Kier molecular flexibility index (Phi) is 3.98. The highest BCUT2D eigenvalue weighted by molar-refractivity contribution is 5.76. The highest BCUT2D eigenvalue weighted by Crippen LogP contribution is 2.37. The Morgan fingerprint density at radius 1 is 1.32 bits per heavy atom. The van der Waals surface area contributed by atoms with Crippen LogP contribution in [0.5, 0.6) is 5.75 Å². The fourth-order valence-electron chi connectivity index (χ4n) is 3.55. The number of piperidine rings is 1. The second-order valence-electron chi connectivity index (χ2n) is 7.37. The van der Waals surface area contributed by atoms with Gasteiger partial charge in [-0.15, -0.1) is 0 Å². The Balaban J connectivity index is 1.63.